The van der Waals surface area contributed by atoms with Crippen LogP contribution in [0.25, 0.3) is 0 Å². The molecule has 0 aromatic carbocycles. The van der Waals surface area contributed by atoms with Crippen LogP contribution in [0, 0.1) is 0 Å². The lowest BCUT2D eigenvalue weighted by molar-refractivity contribution is 0.149. The van der Waals surface area contributed by atoms with Gasteiger partial charge in [0, 0.05) is 30.6 Å². The Labute approximate surface area is 109 Å². The van der Waals surface area contributed by atoms with Gasteiger partial charge in [-0.25, -0.2) is 0 Å². The van der Waals surface area contributed by atoms with Crippen molar-refractivity contribution in [2.75, 3.05) is 13.1 Å². The summed E-state index contributed by atoms with van der Waals surface area (Å²) in [5.74, 6) is 1.51. The average molecular weight is 252 g/mol. The number of aromatic nitrogens is 2. The molecule has 2 atom stereocenters. The van der Waals surface area contributed by atoms with E-state index in [-0.39, 0.29) is 5.41 Å². The molecule has 1 aromatic heterocycles. The molecule has 102 valence electrons. The van der Waals surface area contributed by atoms with Crippen LogP contribution < -0.4 is 5.32 Å². The Morgan fingerprint density at radius 2 is 1.89 bits per heavy atom. The van der Waals surface area contributed by atoms with E-state index < -0.39 is 0 Å². The summed E-state index contributed by atoms with van der Waals surface area (Å²) in [4.78, 5) is 6.85. The standard InChI is InChI=1S/C13H24N4O/c1-9-6-17(7-10(2)14-9)8-11-15-12(16-18-11)13(3,4)5/h9-10,14H,6-8H2,1-5H3. The van der Waals surface area contributed by atoms with Crippen molar-refractivity contribution in [3.63, 3.8) is 0 Å². The number of hydrogen-bond acceptors (Lipinski definition) is 5. The lowest BCUT2D eigenvalue weighted by Gasteiger charge is -2.35. The van der Waals surface area contributed by atoms with E-state index in [9.17, 15) is 0 Å². The van der Waals surface area contributed by atoms with Gasteiger partial charge < -0.3 is 9.84 Å². The summed E-state index contributed by atoms with van der Waals surface area (Å²) in [5, 5.41) is 7.58. The largest absolute Gasteiger partial charge is 0.338 e. The predicted octanol–water partition coefficient (Wildman–Crippen LogP) is 1.55. The van der Waals surface area contributed by atoms with E-state index in [1.54, 1.807) is 0 Å². The molecule has 2 rings (SSSR count). The molecule has 0 saturated carbocycles. The summed E-state index contributed by atoms with van der Waals surface area (Å²) in [6, 6.07) is 1.03. The van der Waals surface area contributed by atoms with Gasteiger partial charge in [0.05, 0.1) is 6.54 Å². The summed E-state index contributed by atoms with van der Waals surface area (Å²) in [7, 11) is 0. The maximum Gasteiger partial charge on any atom is 0.240 e. The van der Waals surface area contributed by atoms with Gasteiger partial charge in [0.25, 0.3) is 0 Å². The summed E-state index contributed by atoms with van der Waals surface area (Å²) in [5.41, 5.74) is -0.0498. The zero-order chi connectivity index (χ0) is 13.3. The van der Waals surface area contributed by atoms with E-state index in [4.69, 9.17) is 4.52 Å². The van der Waals surface area contributed by atoms with E-state index in [1.165, 1.54) is 0 Å². The second kappa shape index (κ2) is 4.97. The van der Waals surface area contributed by atoms with Gasteiger partial charge in [-0.3, -0.25) is 4.90 Å². The second-order valence-electron chi connectivity index (χ2n) is 6.42. The molecule has 0 aliphatic carbocycles. The Bertz CT molecular complexity index is 386. The van der Waals surface area contributed by atoms with Crippen LogP contribution in [0.1, 0.15) is 46.3 Å². The number of nitrogens with one attached hydrogen (secondary N) is 1. The summed E-state index contributed by atoms with van der Waals surface area (Å²) < 4.78 is 5.34. The highest BCUT2D eigenvalue weighted by Gasteiger charge is 2.25. The van der Waals surface area contributed by atoms with Crippen LogP contribution >= 0.6 is 0 Å². The van der Waals surface area contributed by atoms with Crippen molar-refractivity contribution >= 4 is 0 Å². The first-order valence-corrected chi connectivity index (χ1v) is 6.66. The van der Waals surface area contributed by atoms with Gasteiger partial charge in [-0.05, 0) is 13.8 Å². The fourth-order valence-corrected chi connectivity index (χ4v) is 2.38. The van der Waals surface area contributed by atoms with E-state index in [0.29, 0.717) is 12.1 Å². The second-order valence-corrected chi connectivity index (χ2v) is 6.42. The van der Waals surface area contributed by atoms with E-state index in [2.05, 4.69) is 55.0 Å². The number of hydrogen-bond donors (Lipinski definition) is 1. The van der Waals surface area contributed by atoms with Crippen molar-refractivity contribution in [2.24, 2.45) is 0 Å². The molecular weight excluding hydrogens is 228 g/mol. The third kappa shape index (κ3) is 3.29. The van der Waals surface area contributed by atoms with Crippen molar-refractivity contribution in [1.82, 2.24) is 20.4 Å². The first kappa shape index (κ1) is 13.5. The highest BCUT2D eigenvalue weighted by molar-refractivity contribution is 5.00. The lowest BCUT2D eigenvalue weighted by atomic mass is 9.96. The van der Waals surface area contributed by atoms with Gasteiger partial charge >= 0.3 is 0 Å². The summed E-state index contributed by atoms with van der Waals surface area (Å²) in [6.07, 6.45) is 0. The lowest BCUT2D eigenvalue weighted by Crippen LogP contribution is -2.53. The van der Waals surface area contributed by atoms with E-state index in [1.807, 2.05) is 0 Å². The quantitative estimate of drug-likeness (QED) is 0.865. The minimum Gasteiger partial charge on any atom is -0.338 e. The van der Waals surface area contributed by atoms with Gasteiger partial charge in [0.15, 0.2) is 5.82 Å². The van der Waals surface area contributed by atoms with Crippen molar-refractivity contribution in [1.29, 1.82) is 0 Å². The molecule has 2 unspecified atom stereocenters. The first-order chi connectivity index (χ1) is 8.34. The molecule has 1 aliphatic heterocycles. The van der Waals surface area contributed by atoms with Gasteiger partial charge in [-0.2, -0.15) is 4.98 Å². The fraction of sp³-hybridized carbons (Fsp3) is 0.846. The predicted molar refractivity (Wildman–Crippen MR) is 70.3 cm³/mol. The average Bonchev–Trinajstić information content (AvgIpc) is 2.63. The first-order valence-electron chi connectivity index (χ1n) is 6.66. The molecule has 5 nitrogen and oxygen atoms in total. The summed E-state index contributed by atoms with van der Waals surface area (Å²) in [6.45, 7) is 13.5. The molecule has 0 radical (unpaired) electrons. The molecular formula is C13H24N4O. The molecule has 0 spiro atoms. The smallest absolute Gasteiger partial charge is 0.240 e. The van der Waals surface area contributed by atoms with Crippen molar-refractivity contribution in [3.05, 3.63) is 11.7 Å². The van der Waals surface area contributed by atoms with Crippen molar-refractivity contribution in [3.8, 4) is 0 Å². The number of piperazine rings is 1. The molecule has 0 bridgehead atoms. The monoisotopic (exact) mass is 252 g/mol. The fourth-order valence-electron chi connectivity index (χ4n) is 2.38. The Hall–Kier alpha value is -0.940. The van der Waals surface area contributed by atoms with Crippen molar-refractivity contribution < 1.29 is 4.52 Å². The SMILES string of the molecule is CC1CN(Cc2nc(C(C)(C)C)no2)CC(C)N1. The number of nitrogens with zero attached hydrogens (tertiary/aromatic N) is 3. The zero-order valence-electron chi connectivity index (χ0n) is 12.0. The van der Waals surface area contributed by atoms with Crippen LogP contribution in [0.5, 0.6) is 0 Å². The molecule has 2 heterocycles. The number of rotatable bonds is 2. The van der Waals surface area contributed by atoms with Gasteiger partial charge in [0.2, 0.25) is 5.89 Å². The molecule has 0 amide bonds. The molecule has 5 heteroatoms. The molecule has 1 N–H and O–H groups in total. The topological polar surface area (TPSA) is 54.2 Å². The van der Waals surface area contributed by atoms with Gasteiger partial charge in [-0.15, -0.1) is 0 Å². The minimum absolute atomic E-state index is 0.0498. The van der Waals surface area contributed by atoms with E-state index >= 15 is 0 Å². The Balaban J connectivity index is 1.99. The van der Waals surface area contributed by atoms with E-state index in [0.717, 1.165) is 31.3 Å². The van der Waals surface area contributed by atoms with Crippen LogP contribution in [0.4, 0.5) is 0 Å². The normalized spacial score (nSPS) is 26.5. The highest BCUT2D eigenvalue weighted by Crippen LogP contribution is 2.19. The maximum atomic E-state index is 5.34. The van der Waals surface area contributed by atoms with Crippen LogP contribution in [0.3, 0.4) is 0 Å². The molecule has 18 heavy (non-hydrogen) atoms. The third-order valence-corrected chi connectivity index (χ3v) is 3.13. The Morgan fingerprint density at radius 1 is 1.28 bits per heavy atom. The van der Waals surface area contributed by atoms with Gasteiger partial charge in [0.1, 0.15) is 0 Å². The third-order valence-electron chi connectivity index (χ3n) is 3.13. The van der Waals surface area contributed by atoms with Crippen molar-refractivity contribution in [2.45, 2.75) is 58.7 Å². The van der Waals surface area contributed by atoms with Crippen LogP contribution in [0.2, 0.25) is 0 Å². The molecule has 1 saturated heterocycles. The Morgan fingerprint density at radius 3 is 2.39 bits per heavy atom. The summed E-state index contributed by atoms with van der Waals surface area (Å²) >= 11 is 0. The van der Waals surface area contributed by atoms with Crippen LogP contribution in [0.15, 0.2) is 4.52 Å². The van der Waals surface area contributed by atoms with Crippen LogP contribution in [-0.2, 0) is 12.0 Å². The molecule has 1 fully saturated rings. The minimum atomic E-state index is -0.0498. The Kier molecular flexibility index (Phi) is 3.73. The van der Waals surface area contributed by atoms with Gasteiger partial charge in [-0.1, -0.05) is 25.9 Å². The maximum absolute atomic E-state index is 5.34. The highest BCUT2D eigenvalue weighted by atomic mass is 16.5. The zero-order valence-corrected chi connectivity index (χ0v) is 12.0. The molecule has 1 aliphatic rings. The molecule has 1 aromatic rings. The van der Waals surface area contributed by atoms with Crippen LogP contribution in [-0.4, -0.2) is 40.2 Å².